The number of benzene rings is 1. The molecule has 2 aromatic rings. The van der Waals surface area contributed by atoms with Crippen molar-refractivity contribution in [1.82, 2.24) is 14.9 Å². The van der Waals surface area contributed by atoms with Crippen LogP contribution in [-0.2, 0) is 22.6 Å². The van der Waals surface area contributed by atoms with E-state index in [4.69, 9.17) is 5.11 Å². The maximum Gasteiger partial charge on any atom is 0.303 e. The number of aromatic nitrogens is 2. The second kappa shape index (κ2) is 6.82. The molecule has 0 unspecified atom stereocenters. The number of carbonyl (C=O) groups excluding carboxylic acids is 1. The molecule has 2 N–H and O–H groups in total. The molecule has 0 aliphatic carbocycles. The molecule has 0 radical (unpaired) electrons. The lowest BCUT2D eigenvalue weighted by Gasteiger charge is -2.21. The lowest BCUT2D eigenvalue weighted by Crippen LogP contribution is -2.44. The summed E-state index contributed by atoms with van der Waals surface area (Å²) in [6.45, 7) is 5.34. The molecule has 1 amide bonds. The fourth-order valence-electron chi connectivity index (χ4n) is 2.39. The number of hydrogen-bond donors (Lipinski definition) is 2. The number of carbonyl (C=O) groups is 2. The normalized spacial score (nSPS) is 11.5. The number of aliphatic carboxylic acids is 1. The van der Waals surface area contributed by atoms with E-state index < -0.39 is 11.5 Å². The number of carboxylic acid groups (broad SMARTS) is 1. The van der Waals surface area contributed by atoms with Gasteiger partial charge in [-0.05, 0) is 32.9 Å². The van der Waals surface area contributed by atoms with Gasteiger partial charge in [0.25, 0.3) is 5.56 Å². The van der Waals surface area contributed by atoms with Crippen LogP contribution in [0.15, 0.2) is 29.1 Å². The summed E-state index contributed by atoms with van der Waals surface area (Å²) in [7, 11) is 0. The number of nitrogens with zero attached hydrogens (tertiary/aromatic N) is 2. The topological polar surface area (TPSA) is 101 Å². The van der Waals surface area contributed by atoms with Crippen LogP contribution in [0.5, 0.6) is 0 Å². The molecule has 0 saturated carbocycles. The molecule has 0 aliphatic rings. The van der Waals surface area contributed by atoms with Crippen molar-refractivity contribution in [3.63, 3.8) is 0 Å². The lowest BCUT2D eigenvalue weighted by atomic mass is 10.1. The molecule has 1 aromatic carbocycles. The van der Waals surface area contributed by atoms with Crippen LogP contribution in [0.4, 0.5) is 0 Å². The molecule has 0 spiro atoms. The summed E-state index contributed by atoms with van der Waals surface area (Å²) in [4.78, 5) is 40.1. The molecule has 0 saturated heterocycles. The van der Waals surface area contributed by atoms with Gasteiger partial charge in [-0.3, -0.25) is 19.0 Å². The minimum Gasteiger partial charge on any atom is -0.481 e. The van der Waals surface area contributed by atoms with Gasteiger partial charge in [-0.1, -0.05) is 12.1 Å². The van der Waals surface area contributed by atoms with Crippen LogP contribution < -0.4 is 10.9 Å². The minimum atomic E-state index is -0.983. The first-order chi connectivity index (χ1) is 11.2. The molecule has 128 valence electrons. The maximum atomic E-state index is 12.7. The Kier molecular flexibility index (Phi) is 5.02. The van der Waals surface area contributed by atoms with Crippen LogP contribution in [0.2, 0.25) is 0 Å². The van der Waals surface area contributed by atoms with E-state index in [0.29, 0.717) is 16.7 Å². The predicted octanol–water partition coefficient (Wildman–Crippen LogP) is 1.33. The van der Waals surface area contributed by atoms with Crippen LogP contribution >= 0.6 is 0 Å². The van der Waals surface area contributed by atoms with Gasteiger partial charge < -0.3 is 10.4 Å². The number of rotatable bonds is 5. The van der Waals surface area contributed by atoms with Gasteiger partial charge in [0.05, 0.1) is 17.3 Å². The Bertz CT molecular complexity index is 834. The third-order valence-corrected chi connectivity index (χ3v) is 3.32. The van der Waals surface area contributed by atoms with Gasteiger partial charge in [-0.25, -0.2) is 4.98 Å². The van der Waals surface area contributed by atoms with Gasteiger partial charge in [0.2, 0.25) is 5.91 Å². The highest BCUT2D eigenvalue weighted by Gasteiger charge is 2.18. The van der Waals surface area contributed by atoms with E-state index in [1.807, 2.05) is 20.8 Å². The molecule has 2 rings (SSSR count). The fourth-order valence-corrected chi connectivity index (χ4v) is 2.39. The van der Waals surface area contributed by atoms with Crippen LogP contribution in [-0.4, -0.2) is 32.1 Å². The molecule has 7 nitrogen and oxygen atoms in total. The Morgan fingerprint density at radius 2 is 1.92 bits per heavy atom. The quantitative estimate of drug-likeness (QED) is 0.860. The number of fused-ring (bicyclic) bond motifs is 1. The zero-order valence-corrected chi connectivity index (χ0v) is 14.0. The third kappa shape index (κ3) is 4.41. The predicted molar refractivity (Wildman–Crippen MR) is 89.9 cm³/mol. The van der Waals surface area contributed by atoms with E-state index in [1.165, 1.54) is 4.57 Å². The Morgan fingerprint density at radius 3 is 2.54 bits per heavy atom. The van der Waals surface area contributed by atoms with E-state index in [-0.39, 0.29) is 30.9 Å². The van der Waals surface area contributed by atoms with Crippen molar-refractivity contribution in [2.24, 2.45) is 0 Å². The van der Waals surface area contributed by atoms with Crippen molar-refractivity contribution in [3.8, 4) is 0 Å². The number of carboxylic acids is 1. The van der Waals surface area contributed by atoms with Crippen LogP contribution in [0.3, 0.4) is 0 Å². The molecule has 24 heavy (non-hydrogen) atoms. The van der Waals surface area contributed by atoms with Crippen molar-refractivity contribution in [2.75, 3.05) is 0 Å². The van der Waals surface area contributed by atoms with Crippen molar-refractivity contribution >= 4 is 22.8 Å². The van der Waals surface area contributed by atoms with Gasteiger partial charge in [0.15, 0.2) is 0 Å². The first-order valence-electron chi connectivity index (χ1n) is 7.68. The molecular weight excluding hydrogens is 310 g/mol. The molecule has 0 aliphatic heterocycles. The second-order valence-corrected chi connectivity index (χ2v) is 6.63. The first kappa shape index (κ1) is 17.7. The van der Waals surface area contributed by atoms with E-state index in [2.05, 4.69) is 10.3 Å². The minimum absolute atomic E-state index is 0.0816. The summed E-state index contributed by atoms with van der Waals surface area (Å²) in [5, 5.41) is 12.1. The largest absolute Gasteiger partial charge is 0.481 e. The fraction of sp³-hybridized carbons (Fsp3) is 0.412. The first-order valence-corrected chi connectivity index (χ1v) is 7.68. The van der Waals surface area contributed by atoms with E-state index in [9.17, 15) is 14.4 Å². The Morgan fingerprint density at radius 1 is 1.25 bits per heavy atom. The summed E-state index contributed by atoms with van der Waals surface area (Å²) >= 11 is 0. The van der Waals surface area contributed by atoms with Crippen LogP contribution in [0.1, 0.15) is 33.0 Å². The number of para-hydroxylation sites is 1. The summed E-state index contributed by atoms with van der Waals surface area (Å²) in [5.41, 5.74) is -0.271. The van der Waals surface area contributed by atoms with Gasteiger partial charge >= 0.3 is 5.97 Å². The summed E-state index contributed by atoms with van der Waals surface area (Å²) in [6, 6.07) is 6.82. The summed E-state index contributed by atoms with van der Waals surface area (Å²) < 4.78 is 1.26. The molecular formula is C17H21N3O4. The summed E-state index contributed by atoms with van der Waals surface area (Å²) in [6.07, 6.45) is -0.0795. The Hall–Kier alpha value is -2.70. The van der Waals surface area contributed by atoms with Gasteiger partial charge in [-0.15, -0.1) is 0 Å². The Labute approximate surface area is 139 Å². The van der Waals surface area contributed by atoms with Crippen LogP contribution in [0.25, 0.3) is 10.9 Å². The standard InChI is InChI=1S/C17H21N3O4/c1-17(2,3)19-14(21)10-20-13(8-9-15(22)23)18-12-7-5-4-6-11(12)16(20)24/h4-7H,8-10H2,1-3H3,(H,19,21)(H,22,23). The molecule has 0 fully saturated rings. The molecule has 0 atom stereocenters. The average molecular weight is 331 g/mol. The van der Waals surface area contributed by atoms with E-state index >= 15 is 0 Å². The number of hydrogen-bond acceptors (Lipinski definition) is 4. The van der Waals surface area contributed by atoms with Crippen molar-refractivity contribution in [2.45, 2.75) is 45.7 Å². The molecule has 1 heterocycles. The molecule has 0 bridgehead atoms. The van der Waals surface area contributed by atoms with Gasteiger partial charge in [0.1, 0.15) is 12.4 Å². The monoisotopic (exact) mass is 331 g/mol. The highest BCUT2D eigenvalue weighted by molar-refractivity contribution is 5.79. The molecule has 1 aromatic heterocycles. The van der Waals surface area contributed by atoms with E-state index in [1.54, 1.807) is 24.3 Å². The zero-order valence-electron chi connectivity index (χ0n) is 14.0. The van der Waals surface area contributed by atoms with Crippen molar-refractivity contribution < 1.29 is 14.7 Å². The van der Waals surface area contributed by atoms with Crippen molar-refractivity contribution in [3.05, 3.63) is 40.4 Å². The highest BCUT2D eigenvalue weighted by atomic mass is 16.4. The smallest absolute Gasteiger partial charge is 0.303 e. The van der Waals surface area contributed by atoms with Gasteiger partial charge in [0, 0.05) is 12.0 Å². The SMILES string of the molecule is CC(C)(C)NC(=O)Cn1c(CCC(=O)O)nc2ccccc2c1=O. The second-order valence-electron chi connectivity index (χ2n) is 6.63. The molecule has 7 heteroatoms. The summed E-state index contributed by atoms with van der Waals surface area (Å²) in [5.74, 6) is -1.01. The zero-order chi connectivity index (χ0) is 17.9. The lowest BCUT2D eigenvalue weighted by molar-refractivity contribution is -0.137. The number of aryl methyl sites for hydroxylation is 1. The van der Waals surface area contributed by atoms with Gasteiger partial charge in [-0.2, -0.15) is 0 Å². The Balaban J connectivity index is 2.46. The average Bonchev–Trinajstić information content (AvgIpc) is 2.46. The number of amides is 1. The maximum absolute atomic E-state index is 12.7. The van der Waals surface area contributed by atoms with Crippen molar-refractivity contribution in [1.29, 1.82) is 0 Å². The third-order valence-electron chi connectivity index (χ3n) is 3.32. The highest BCUT2D eigenvalue weighted by Crippen LogP contribution is 2.10. The number of nitrogens with one attached hydrogen (secondary N) is 1. The van der Waals surface area contributed by atoms with Crippen LogP contribution in [0, 0.1) is 0 Å². The van der Waals surface area contributed by atoms with E-state index in [0.717, 1.165) is 0 Å².